The van der Waals surface area contributed by atoms with Gasteiger partial charge in [0, 0.05) is 10.7 Å². The summed E-state index contributed by atoms with van der Waals surface area (Å²) in [6.45, 7) is 0. The molecule has 0 aliphatic heterocycles. The molecule has 0 fully saturated rings. The lowest BCUT2D eigenvalue weighted by atomic mass is 9.96. The lowest BCUT2D eigenvalue weighted by Crippen LogP contribution is -2.05. The predicted octanol–water partition coefficient (Wildman–Crippen LogP) is 3.58. The van der Waals surface area contributed by atoms with Crippen LogP contribution in [0.3, 0.4) is 0 Å². The fourth-order valence-electron chi connectivity index (χ4n) is 1.66. The smallest absolute Gasteiger partial charge is 0.123 e. The van der Waals surface area contributed by atoms with Crippen LogP contribution in [-0.4, -0.2) is 16.4 Å². The van der Waals surface area contributed by atoms with Gasteiger partial charge in [-0.05, 0) is 29.8 Å². The summed E-state index contributed by atoms with van der Waals surface area (Å²) in [7, 11) is 0. The van der Waals surface area contributed by atoms with Crippen molar-refractivity contribution in [1.82, 2.24) is 4.98 Å². The Morgan fingerprint density at radius 1 is 1.28 bits per heavy atom. The molecule has 1 aromatic heterocycles. The zero-order valence-corrected chi connectivity index (χ0v) is 10.9. The molecule has 2 rings (SSSR count). The van der Waals surface area contributed by atoms with Crippen molar-refractivity contribution in [2.24, 2.45) is 5.16 Å². The Hall–Kier alpha value is -1.75. The summed E-state index contributed by atoms with van der Waals surface area (Å²) in [4.78, 5) is 4.23. The normalized spacial score (nSPS) is 12.8. The number of hydrogen-bond donors (Lipinski definition) is 1. The first-order valence-electron chi connectivity index (χ1n) is 5.25. The van der Waals surface area contributed by atoms with Gasteiger partial charge < -0.3 is 5.21 Å². The first kappa shape index (κ1) is 12.7. The van der Waals surface area contributed by atoms with Crippen LogP contribution in [-0.2, 0) is 0 Å². The van der Waals surface area contributed by atoms with Crippen molar-refractivity contribution in [3.05, 3.63) is 64.1 Å². The van der Waals surface area contributed by atoms with Gasteiger partial charge in [0.1, 0.15) is 5.82 Å². The third-order valence-electron chi connectivity index (χ3n) is 2.51. The molecule has 1 atom stereocenters. The highest BCUT2D eigenvalue weighted by Gasteiger charge is 2.14. The van der Waals surface area contributed by atoms with Gasteiger partial charge in [0.15, 0.2) is 0 Å². The quantitative estimate of drug-likeness (QED) is 0.535. The van der Waals surface area contributed by atoms with Gasteiger partial charge in [0.2, 0.25) is 0 Å². The van der Waals surface area contributed by atoms with Crippen molar-refractivity contribution >= 4 is 22.1 Å². The van der Waals surface area contributed by atoms with Gasteiger partial charge in [-0.3, -0.25) is 4.98 Å². The number of halogens is 2. The van der Waals surface area contributed by atoms with Gasteiger partial charge in [-0.1, -0.05) is 28.1 Å². The van der Waals surface area contributed by atoms with Crippen molar-refractivity contribution in [3.63, 3.8) is 0 Å². The maximum atomic E-state index is 12.9. The summed E-state index contributed by atoms with van der Waals surface area (Å²) >= 11 is 3.36. The minimum Gasteiger partial charge on any atom is -0.411 e. The van der Waals surface area contributed by atoms with E-state index in [1.807, 2.05) is 6.07 Å². The van der Waals surface area contributed by atoms with Crippen LogP contribution < -0.4 is 0 Å². The molecule has 0 saturated carbocycles. The number of rotatable bonds is 3. The molecule has 18 heavy (non-hydrogen) atoms. The number of pyridine rings is 1. The summed E-state index contributed by atoms with van der Waals surface area (Å²) in [5, 5.41) is 11.8. The van der Waals surface area contributed by atoms with Gasteiger partial charge in [-0.15, -0.1) is 5.16 Å². The highest BCUT2D eigenvalue weighted by molar-refractivity contribution is 9.10. The SMILES string of the molecule is ON=CC(c1ccc(F)cc1)c1cc(Br)ccn1. The standard InChI is InChI=1S/C13H10BrFN2O/c14-10-5-6-16-13(7-10)12(8-17-18)9-1-3-11(15)4-2-9/h1-8,12,18H. The molecule has 0 bridgehead atoms. The van der Waals surface area contributed by atoms with Crippen LogP contribution in [0.1, 0.15) is 17.2 Å². The number of oxime groups is 1. The summed E-state index contributed by atoms with van der Waals surface area (Å²) in [5.41, 5.74) is 1.52. The van der Waals surface area contributed by atoms with E-state index in [4.69, 9.17) is 5.21 Å². The Labute approximate surface area is 112 Å². The fraction of sp³-hybridized carbons (Fsp3) is 0.0769. The van der Waals surface area contributed by atoms with Crippen LogP contribution >= 0.6 is 15.9 Å². The van der Waals surface area contributed by atoms with E-state index in [0.29, 0.717) is 5.69 Å². The molecule has 0 saturated heterocycles. The summed E-state index contributed by atoms with van der Waals surface area (Å²) in [5.74, 6) is -0.617. The van der Waals surface area contributed by atoms with Crippen molar-refractivity contribution in [1.29, 1.82) is 0 Å². The maximum absolute atomic E-state index is 12.9. The summed E-state index contributed by atoms with van der Waals surface area (Å²) in [6.07, 6.45) is 3.02. The molecular weight excluding hydrogens is 299 g/mol. The van der Waals surface area contributed by atoms with Crippen molar-refractivity contribution in [2.45, 2.75) is 5.92 Å². The van der Waals surface area contributed by atoms with Gasteiger partial charge in [-0.2, -0.15) is 0 Å². The molecule has 5 heteroatoms. The van der Waals surface area contributed by atoms with Crippen LogP contribution in [0.2, 0.25) is 0 Å². The molecule has 1 heterocycles. The van der Waals surface area contributed by atoms with Crippen LogP contribution in [0, 0.1) is 5.82 Å². The zero-order valence-electron chi connectivity index (χ0n) is 9.29. The average molecular weight is 309 g/mol. The molecule has 1 N–H and O–H groups in total. The van der Waals surface area contributed by atoms with E-state index in [1.165, 1.54) is 18.3 Å². The number of benzene rings is 1. The van der Waals surface area contributed by atoms with Gasteiger partial charge in [-0.25, -0.2) is 4.39 Å². The van der Waals surface area contributed by atoms with Crippen LogP contribution in [0.25, 0.3) is 0 Å². The van der Waals surface area contributed by atoms with Gasteiger partial charge in [0.05, 0.1) is 17.8 Å². The number of aromatic nitrogens is 1. The Morgan fingerprint density at radius 2 is 2.00 bits per heavy atom. The monoisotopic (exact) mass is 308 g/mol. The van der Waals surface area contributed by atoms with E-state index in [-0.39, 0.29) is 11.7 Å². The van der Waals surface area contributed by atoms with Crippen LogP contribution in [0.15, 0.2) is 52.2 Å². The topological polar surface area (TPSA) is 45.5 Å². The van der Waals surface area contributed by atoms with Gasteiger partial charge >= 0.3 is 0 Å². The summed E-state index contributed by atoms with van der Waals surface area (Å²) in [6, 6.07) is 9.66. The van der Waals surface area contributed by atoms with Gasteiger partial charge in [0.25, 0.3) is 0 Å². The number of nitrogens with zero attached hydrogens (tertiary/aromatic N) is 2. The lowest BCUT2D eigenvalue weighted by molar-refractivity contribution is 0.320. The first-order chi connectivity index (χ1) is 8.70. The van der Waals surface area contributed by atoms with Crippen molar-refractivity contribution in [3.8, 4) is 0 Å². The third kappa shape index (κ3) is 2.92. The van der Waals surface area contributed by atoms with E-state index in [9.17, 15) is 4.39 Å². The molecule has 92 valence electrons. The maximum Gasteiger partial charge on any atom is 0.123 e. The van der Waals surface area contributed by atoms with E-state index >= 15 is 0 Å². The summed E-state index contributed by atoms with van der Waals surface area (Å²) < 4.78 is 13.8. The highest BCUT2D eigenvalue weighted by Crippen LogP contribution is 2.23. The van der Waals surface area contributed by atoms with E-state index in [0.717, 1.165) is 10.0 Å². The largest absolute Gasteiger partial charge is 0.411 e. The van der Waals surface area contributed by atoms with Crippen LogP contribution in [0.5, 0.6) is 0 Å². The number of hydrogen-bond acceptors (Lipinski definition) is 3. The Balaban J connectivity index is 2.42. The van der Waals surface area contributed by atoms with Crippen molar-refractivity contribution in [2.75, 3.05) is 0 Å². The molecule has 0 spiro atoms. The predicted molar refractivity (Wildman–Crippen MR) is 70.5 cm³/mol. The van der Waals surface area contributed by atoms with E-state index < -0.39 is 0 Å². The molecular formula is C13H10BrFN2O. The van der Waals surface area contributed by atoms with E-state index in [1.54, 1.807) is 24.4 Å². The molecule has 0 amide bonds. The molecule has 1 aromatic carbocycles. The Kier molecular flexibility index (Phi) is 4.04. The fourth-order valence-corrected chi connectivity index (χ4v) is 2.01. The Bertz CT molecular complexity index is 557. The molecule has 2 aromatic rings. The van der Waals surface area contributed by atoms with Crippen LogP contribution in [0.4, 0.5) is 4.39 Å². The molecule has 3 nitrogen and oxygen atoms in total. The minimum absolute atomic E-state index is 0.305. The minimum atomic E-state index is -0.312. The van der Waals surface area contributed by atoms with E-state index in [2.05, 4.69) is 26.1 Å². The molecule has 0 aliphatic rings. The molecule has 0 radical (unpaired) electrons. The zero-order chi connectivity index (χ0) is 13.0. The third-order valence-corrected chi connectivity index (χ3v) is 3.00. The second-order valence-electron chi connectivity index (χ2n) is 3.69. The highest BCUT2D eigenvalue weighted by atomic mass is 79.9. The first-order valence-corrected chi connectivity index (χ1v) is 6.04. The second kappa shape index (κ2) is 5.73. The second-order valence-corrected chi connectivity index (χ2v) is 4.61. The molecule has 1 unspecified atom stereocenters. The average Bonchev–Trinajstić information content (AvgIpc) is 2.37. The Morgan fingerprint density at radius 3 is 2.61 bits per heavy atom. The lowest BCUT2D eigenvalue weighted by Gasteiger charge is -2.11. The molecule has 0 aliphatic carbocycles. The van der Waals surface area contributed by atoms with Crippen molar-refractivity contribution < 1.29 is 9.60 Å².